The Morgan fingerprint density at radius 3 is 3.00 bits per heavy atom. The normalized spacial score (nSPS) is 17.4. The van der Waals surface area contributed by atoms with Crippen molar-refractivity contribution >= 4 is 29.1 Å². The van der Waals surface area contributed by atoms with Crippen LogP contribution in [0.4, 0.5) is 5.69 Å². The van der Waals surface area contributed by atoms with E-state index in [2.05, 4.69) is 4.90 Å². The molecule has 18 heavy (non-hydrogen) atoms. The summed E-state index contributed by atoms with van der Waals surface area (Å²) in [5.41, 5.74) is 0.955. The Morgan fingerprint density at radius 2 is 2.22 bits per heavy atom. The second-order valence-electron chi connectivity index (χ2n) is 4.28. The summed E-state index contributed by atoms with van der Waals surface area (Å²) in [7, 11) is 0. The molecular formula is C12H15ClN2O2S. The summed E-state index contributed by atoms with van der Waals surface area (Å²) in [6.07, 6.45) is 1.18. The maximum atomic E-state index is 10.8. The fraction of sp³-hybridized carbons (Fsp3) is 0.500. The van der Waals surface area contributed by atoms with Gasteiger partial charge in [0.2, 0.25) is 0 Å². The molecule has 0 aromatic heterocycles. The number of nitro benzene ring substituents is 1. The Kier molecular flexibility index (Phi) is 4.86. The van der Waals surface area contributed by atoms with Gasteiger partial charge < -0.3 is 0 Å². The molecule has 0 radical (unpaired) electrons. The zero-order valence-corrected chi connectivity index (χ0v) is 11.5. The van der Waals surface area contributed by atoms with Crippen molar-refractivity contribution in [1.29, 1.82) is 0 Å². The van der Waals surface area contributed by atoms with Gasteiger partial charge >= 0.3 is 0 Å². The third-order valence-electron chi connectivity index (χ3n) is 2.93. The molecule has 1 aliphatic heterocycles. The molecule has 4 nitrogen and oxygen atoms in total. The van der Waals surface area contributed by atoms with Gasteiger partial charge in [0.25, 0.3) is 5.69 Å². The van der Waals surface area contributed by atoms with Crippen LogP contribution in [0.2, 0.25) is 5.02 Å². The van der Waals surface area contributed by atoms with Crippen LogP contribution in [-0.2, 0) is 6.54 Å². The van der Waals surface area contributed by atoms with E-state index in [4.69, 9.17) is 11.6 Å². The summed E-state index contributed by atoms with van der Waals surface area (Å²) in [6.45, 7) is 2.86. The summed E-state index contributed by atoms with van der Waals surface area (Å²) < 4.78 is 0. The first-order chi connectivity index (χ1) is 8.66. The highest BCUT2D eigenvalue weighted by Crippen LogP contribution is 2.26. The number of hydrogen-bond acceptors (Lipinski definition) is 4. The van der Waals surface area contributed by atoms with Crippen molar-refractivity contribution in [2.24, 2.45) is 0 Å². The molecule has 1 aromatic carbocycles. The van der Waals surface area contributed by atoms with Crippen molar-refractivity contribution in [3.63, 3.8) is 0 Å². The molecular weight excluding hydrogens is 272 g/mol. The number of nitro groups is 1. The lowest BCUT2D eigenvalue weighted by Crippen LogP contribution is -2.25. The second kappa shape index (κ2) is 6.41. The third-order valence-corrected chi connectivity index (χ3v) is 4.30. The fourth-order valence-electron chi connectivity index (χ4n) is 2.01. The molecule has 0 amide bonds. The Morgan fingerprint density at radius 1 is 1.39 bits per heavy atom. The number of halogens is 1. The number of rotatable bonds is 3. The zero-order valence-electron chi connectivity index (χ0n) is 9.97. The molecule has 0 atom stereocenters. The summed E-state index contributed by atoms with van der Waals surface area (Å²) >= 11 is 7.77. The molecule has 1 saturated heterocycles. The molecule has 0 aliphatic carbocycles. The van der Waals surface area contributed by atoms with Crippen molar-refractivity contribution in [2.45, 2.75) is 13.0 Å². The second-order valence-corrected chi connectivity index (χ2v) is 5.92. The van der Waals surface area contributed by atoms with Crippen LogP contribution in [0.15, 0.2) is 18.2 Å². The number of nitrogens with zero attached hydrogens (tertiary/aromatic N) is 2. The van der Waals surface area contributed by atoms with Crippen molar-refractivity contribution in [3.05, 3.63) is 38.9 Å². The first-order valence-electron chi connectivity index (χ1n) is 5.90. The predicted octanol–water partition coefficient (Wildman–Crippen LogP) is 3.19. The lowest BCUT2D eigenvalue weighted by atomic mass is 10.2. The van der Waals surface area contributed by atoms with E-state index in [9.17, 15) is 10.1 Å². The number of benzene rings is 1. The zero-order chi connectivity index (χ0) is 13.0. The first kappa shape index (κ1) is 13.6. The van der Waals surface area contributed by atoms with Crippen LogP contribution in [0, 0.1) is 10.1 Å². The molecule has 0 spiro atoms. The van der Waals surface area contributed by atoms with Crippen molar-refractivity contribution in [3.8, 4) is 0 Å². The van der Waals surface area contributed by atoms with Crippen LogP contribution in [0.25, 0.3) is 0 Å². The van der Waals surface area contributed by atoms with Crippen LogP contribution in [0.5, 0.6) is 0 Å². The topological polar surface area (TPSA) is 46.4 Å². The van der Waals surface area contributed by atoms with Gasteiger partial charge in [-0.3, -0.25) is 15.0 Å². The summed E-state index contributed by atoms with van der Waals surface area (Å²) in [5.74, 6) is 2.34. The highest BCUT2D eigenvalue weighted by molar-refractivity contribution is 7.99. The average molecular weight is 287 g/mol. The summed E-state index contributed by atoms with van der Waals surface area (Å²) in [6, 6.07) is 5.06. The van der Waals surface area contributed by atoms with E-state index in [1.165, 1.54) is 12.2 Å². The monoisotopic (exact) mass is 286 g/mol. The van der Waals surface area contributed by atoms with E-state index in [1.54, 1.807) is 12.1 Å². The maximum absolute atomic E-state index is 10.8. The van der Waals surface area contributed by atoms with Crippen LogP contribution < -0.4 is 0 Å². The molecule has 1 aromatic rings. The van der Waals surface area contributed by atoms with Gasteiger partial charge in [-0.1, -0.05) is 17.7 Å². The van der Waals surface area contributed by atoms with E-state index in [1.807, 2.05) is 17.8 Å². The summed E-state index contributed by atoms with van der Waals surface area (Å²) in [4.78, 5) is 12.7. The van der Waals surface area contributed by atoms with Gasteiger partial charge in [0, 0.05) is 24.9 Å². The molecule has 0 bridgehead atoms. The minimum Gasteiger partial charge on any atom is -0.298 e. The van der Waals surface area contributed by atoms with Gasteiger partial charge in [-0.25, -0.2) is 0 Å². The average Bonchev–Trinajstić information content (AvgIpc) is 2.60. The Labute approximate surface area is 115 Å². The molecule has 1 heterocycles. The van der Waals surface area contributed by atoms with Crippen LogP contribution in [-0.4, -0.2) is 34.4 Å². The standard InChI is InChI=1S/C12H15ClN2O2S/c13-11-3-2-10(8-12(11)15(16)17)9-14-4-1-6-18-7-5-14/h2-3,8H,1,4-7,9H2. The van der Waals surface area contributed by atoms with Crippen molar-refractivity contribution in [2.75, 3.05) is 24.6 Å². The lowest BCUT2D eigenvalue weighted by molar-refractivity contribution is -0.384. The molecule has 2 rings (SSSR count). The van der Waals surface area contributed by atoms with E-state index in [0.29, 0.717) is 0 Å². The van der Waals surface area contributed by atoms with Crippen LogP contribution in [0.3, 0.4) is 0 Å². The molecule has 6 heteroatoms. The minimum atomic E-state index is -0.426. The van der Waals surface area contributed by atoms with Crippen LogP contribution in [0.1, 0.15) is 12.0 Å². The minimum absolute atomic E-state index is 0.00152. The quantitative estimate of drug-likeness (QED) is 0.632. The van der Waals surface area contributed by atoms with Gasteiger partial charge in [0.1, 0.15) is 5.02 Å². The van der Waals surface area contributed by atoms with Crippen molar-refractivity contribution in [1.82, 2.24) is 4.90 Å². The smallest absolute Gasteiger partial charge is 0.288 e. The summed E-state index contributed by atoms with van der Waals surface area (Å²) in [5, 5.41) is 11.0. The van der Waals surface area contributed by atoms with E-state index in [-0.39, 0.29) is 10.7 Å². The Hall–Kier alpha value is -0.780. The molecule has 0 N–H and O–H groups in total. The highest BCUT2D eigenvalue weighted by atomic mass is 35.5. The first-order valence-corrected chi connectivity index (χ1v) is 7.43. The van der Waals surface area contributed by atoms with Gasteiger partial charge in [-0.05, 0) is 30.3 Å². The number of thioether (sulfide) groups is 1. The Balaban J connectivity index is 2.08. The highest BCUT2D eigenvalue weighted by Gasteiger charge is 2.15. The van der Waals surface area contributed by atoms with Gasteiger partial charge in [-0.15, -0.1) is 0 Å². The number of hydrogen-bond donors (Lipinski definition) is 0. The largest absolute Gasteiger partial charge is 0.298 e. The molecule has 0 unspecified atom stereocenters. The van der Waals surface area contributed by atoms with Gasteiger partial charge in [0.05, 0.1) is 4.92 Å². The lowest BCUT2D eigenvalue weighted by Gasteiger charge is -2.19. The Bertz CT molecular complexity index is 434. The molecule has 1 fully saturated rings. The van der Waals surface area contributed by atoms with Gasteiger partial charge in [-0.2, -0.15) is 11.8 Å². The molecule has 98 valence electrons. The molecule has 0 saturated carbocycles. The maximum Gasteiger partial charge on any atom is 0.288 e. The van der Waals surface area contributed by atoms with Gasteiger partial charge in [0.15, 0.2) is 0 Å². The van der Waals surface area contributed by atoms with E-state index >= 15 is 0 Å². The fourth-order valence-corrected chi connectivity index (χ4v) is 3.12. The SMILES string of the molecule is O=[N+]([O-])c1cc(CN2CCCSCC2)ccc1Cl. The van der Waals surface area contributed by atoms with Crippen LogP contribution >= 0.6 is 23.4 Å². The van der Waals surface area contributed by atoms with Crippen molar-refractivity contribution < 1.29 is 4.92 Å². The van der Waals surface area contributed by atoms with E-state index in [0.717, 1.165) is 31.0 Å². The predicted molar refractivity (Wildman–Crippen MR) is 75.3 cm³/mol. The molecule has 1 aliphatic rings. The third kappa shape index (κ3) is 3.60. The van der Waals surface area contributed by atoms with E-state index < -0.39 is 4.92 Å².